The van der Waals surface area contributed by atoms with Gasteiger partial charge in [-0.1, -0.05) is 18.2 Å². The smallest absolute Gasteiger partial charge is 0.326 e. The number of H-pyrrole nitrogens is 1. The van der Waals surface area contributed by atoms with Gasteiger partial charge in [-0.3, -0.25) is 9.89 Å². The maximum Gasteiger partial charge on any atom is 0.326 e. The average molecular weight is 303 g/mol. The van der Waals surface area contributed by atoms with Crippen LogP contribution < -0.4 is 0 Å². The molecule has 2 unspecified atom stereocenters. The predicted molar refractivity (Wildman–Crippen MR) is 78.3 cm³/mol. The highest BCUT2D eigenvalue weighted by atomic mass is 16.5. The number of hydrogen-bond donors (Lipinski definition) is 2. The second-order valence-electron chi connectivity index (χ2n) is 5.39. The molecule has 0 spiro atoms. The molecule has 1 saturated heterocycles. The van der Waals surface area contributed by atoms with Gasteiger partial charge in [0, 0.05) is 25.5 Å². The van der Waals surface area contributed by atoms with Gasteiger partial charge < -0.3 is 14.7 Å². The highest BCUT2D eigenvalue weighted by molar-refractivity contribution is 5.89. The molecule has 7 heteroatoms. The number of carboxylic acids is 1. The Bertz CT molecular complexity index is 712. The number of aliphatic carboxylic acids is 1. The number of para-hydroxylation sites is 1. The molecule has 22 heavy (non-hydrogen) atoms. The largest absolute Gasteiger partial charge is 0.480 e. The molecular weight excluding hydrogens is 286 g/mol. The van der Waals surface area contributed by atoms with Crippen LogP contribution in [0.25, 0.3) is 10.9 Å². The monoisotopic (exact) mass is 303 g/mol. The lowest BCUT2D eigenvalue weighted by molar-refractivity contribution is -0.148. The molecule has 1 fully saturated rings. The standard InChI is InChI=1S/C15H17N3O4/c1-22-9-6-13(15(20)21)18(8-9)14(19)7-12-10-4-2-3-5-11(10)16-17-12/h2-5,9,13H,6-8H2,1H3,(H,16,17)(H,20,21). The minimum Gasteiger partial charge on any atom is -0.480 e. The van der Waals surface area contributed by atoms with Gasteiger partial charge in [-0.15, -0.1) is 0 Å². The number of rotatable bonds is 4. The van der Waals surface area contributed by atoms with Gasteiger partial charge in [-0.2, -0.15) is 5.10 Å². The second kappa shape index (κ2) is 5.76. The van der Waals surface area contributed by atoms with Crippen LogP contribution in [0.4, 0.5) is 0 Å². The summed E-state index contributed by atoms with van der Waals surface area (Å²) in [5.74, 6) is -1.23. The third-order valence-corrected chi connectivity index (χ3v) is 4.07. The topological polar surface area (TPSA) is 95.5 Å². The molecule has 1 amide bonds. The van der Waals surface area contributed by atoms with Gasteiger partial charge in [0.2, 0.25) is 5.91 Å². The van der Waals surface area contributed by atoms with Crippen molar-refractivity contribution in [3.05, 3.63) is 30.0 Å². The number of carbonyl (C=O) groups excluding carboxylic acids is 1. The minimum atomic E-state index is -0.998. The number of nitrogens with zero attached hydrogens (tertiary/aromatic N) is 2. The van der Waals surface area contributed by atoms with Crippen molar-refractivity contribution in [2.45, 2.75) is 25.0 Å². The Morgan fingerprint density at radius 1 is 1.45 bits per heavy atom. The van der Waals surface area contributed by atoms with E-state index in [1.807, 2.05) is 24.3 Å². The Morgan fingerprint density at radius 2 is 2.23 bits per heavy atom. The molecule has 0 aliphatic carbocycles. The van der Waals surface area contributed by atoms with Crippen LogP contribution in [0.2, 0.25) is 0 Å². The summed E-state index contributed by atoms with van der Waals surface area (Å²) in [6.07, 6.45) is 0.186. The van der Waals surface area contributed by atoms with Crippen LogP contribution >= 0.6 is 0 Å². The molecule has 2 N–H and O–H groups in total. The summed E-state index contributed by atoms with van der Waals surface area (Å²) >= 11 is 0. The fraction of sp³-hybridized carbons (Fsp3) is 0.400. The summed E-state index contributed by atoms with van der Waals surface area (Å²) in [5.41, 5.74) is 1.49. The summed E-state index contributed by atoms with van der Waals surface area (Å²) < 4.78 is 5.20. The summed E-state index contributed by atoms with van der Waals surface area (Å²) in [5, 5.41) is 17.2. The Labute approximate surface area is 126 Å². The lowest BCUT2D eigenvalue weighted by Gasteiger charge is -2.20. The quantitative estimate of drug-likeness (QED) is 0.871. The normalized spacial score (nSPS) is 21.4. The summed E-state index contributed by atoms with van der Waals surface area (Å²) in [4.78, 5) is 25.2. The van der Waals surface area contributed by atoms with Crippen LogP contribution in [0, 0.1) is 0 Å². The van der Waals surface area contributed by atoms with Crippen molar-refractivity contribution in [3.8, 4) is 0 Å². The first-order valence-electron chi connectivity index (χ1n) is 7.07. The lowest BCUT2D eigenvalue weighted by Crippen LogP contribution is -2.41. The van der Waals surface area contributed by atoms with Crippen molar-refractivity contribution in [1.82, 2.24) is 15.1 Å². The third kappa shape index (κ3) is 2.55. The fourth-order valence-corrected chi connectivity index (χ4v) is 2.88. The molecule has 2 aromatic rings. The van der Waals surface area contributed by atoms with E-state index in [1.54, 1.807) is 0 Å². The molecule has 0 saturated carbocycles. The van der Waals surface area contributed by atoms with Gasteiger partial charge in [0.1, 0.15) is 6.04 Å². The number of likely N-dealkylation sites (tertiary alicyclic amines) is 1. The van der Waals surface area contributed by atoms with Crippen molar-refractivity contribution in [3.63, 3.8) is 0 Å². The zero-order chi connectivity index (χ0) is 15.7. The number of aromatic amines is 1. The molecule has 2 heterocycles. The first-order valence-corrected chi connectivity index (χ1v) is 7.07. The number of methoxy groups -OCH3 is 1. The van der Waals surface area contributed by atoms with Gasteiger partial charge in [0.05, 0.1) is 23.7 Å². The molecule has 1 aromatic carbocycles. The fourth-order valence-electron chi connectivity index (χ4n) is 2.88. The van der Waals surface area contributed by atoms with Gasteiger partial charge in [-0.05, 0) is 6.07 Å². The van der Waals surface area contributed by atoms with Crippen LogP contribution in [0.1, 0.15) is 12.1 Å². The van der Waals surface area contributed by atoms with E-state index in [4.69, 9.17) is 4.74 Å². The first-order chi connectivity index (χ1) is 10.6. The molecule has 1 aliphatic heterocycles. The van der Waals surface area contributed by atoms with Crippen LogP contribution in [0.15, 0.2) is 24.3 Å². The van der Waals surface area contributed by atoms with Gasteiger partial charge in [-0.25, -0.2) is 4.79 Å². The Hall–Kier alpha value is -2.41. The lowest BCUT2D eigenvalue weighted by atomic mass is 10.1. The van der Waals surface area contributed by atoms with Crippen molar-refractivity contribution >= 4 is 22.8 Å². The predicted octanol–water partition coefficient (Wildman–Crippen LogP) is 0.806. The van der Waals surface area contributed by atoms with Gasteiger partial charge in [0.25, 0.3) is 0 Å². The Balaban J connectivity index is 1.80. The number of hydrogen-bond acceptors (Lipinski definition) is 4. The molecule has 116 valence electrons. The number of nitrogens with one attached hydrogen (secondary N) is 1. The van der Waals surface area contributed by atoms with E-state index in [9.17, 15) is 14.7 Å². The minimum absolute atomic E-state index is 0.0979. The highest BCUT2D eigenvalue weighted by Crippen LogP contribution is 2.23. The van der Waals surface area contributed by atoms with E-state index >= 15 is 0 Å². The maximum atomic E-state index is 12.5. The number of ether oxygens (including phenoxy) is 1. The maximum absolute atomic E-state index is 12.5. The molecule has 0 bridgehead atoms. The zero-order valence-electron chi connectivity index (χ0n) is 12.2. The Kier molecular flexibility index (Phi) is 3.81. The molecule has 7 nitrogen and oxygen atoms in total. The van der Waals surface area contributed by atoms with Crippen LogP contribution in [-0.4, -0.2) is 57.9 Å². The van der Waals surface area contributed by atoms with Crippen molar-refractivity contribution in [1.29, 1.82) is 0 Å². The molecule has 2 atom stereocenters. The van der Waals surface area contributed by atoms with Gasteiger partial charge in [0.15, 0.2) is 0 Å². The van der Waals surface area contributed by atoms with E-state index < -0.39 is 12.0 Å². The molecule has 3 rings (SSSR count). The molecule has 0 radical (unpaired) electrons. The molecule has 1 aromatic heterocycles. The number of amides is 1. The number of aromatic nitrogens is 2. The SMILES string of the molecule is COC1CC(C(=O)O)N(C(=O)Cc2[nH]nc3ccccc23)C1. The van der Waals surface area contributed by atoms with E-state index in [0.717, 1.165) is 10.9 Å². The van der Waals surface area contributed by atoms with Crippen LogP contribution in [-0.2, 0) is 20.7 Å². The summed E-state index contributed by atoms with van der Waals surface area (Å²) in [6, 6.07) is 6.67. The van der Waals surface area contributed by atoms with E-state index in [2.05, 4.69) is 10.2 Å². The number of carboxylic acid groups (broad SMARTS) is 1. The molecule has 1 aliphatic rings. The van der Waals surface area contributed by atoms with Crippen molar-refractivity contribution in [2.24, 2.45) is 0 Å². The van der Waals surface area contributed by atoms with Crippen molar-refractivity contribution in [2.75, 3.05) is 13.7 Å². The highest BCUT2D eigenvalue weighted by Gasteiger charge is 2.39. The van der Waals surface area contributed by atoms with Crippen LogP contribution in [0.3, 0.4) is 0 Å². The van der Waals surface area contributed by atoms with E-state index in [1.165, 1.54) is 12.0 Å². The summed E-state index contributed by atoms with van der Waals surface area (Å²) in [7, 11) is 1.53. The Morgan fingerprint density at radius 3 is 2.95 bits per heavy atom. The van der Waals surface area contributed by atoms with Crippen LogP contribution in [0.5, 0.6) is 0 Å². The van der Waals surface area contributed by atoms with Gasteiger partial charge >= 0.3 is 5.97 Å². The zero-order valence-corrected chi connectivity index (χ0v) is 12.2. The van der Waals surface area contributed by atoms with Crippen molar-refractivity contribution < 1.29 is 19.4 Å². The number of carbonyl (C=O) groups is 2. The third-order valence-electron chi connectivity index (χ3n) is 4.07. The van der Waals surface area contributed by atoms with E-state index in [0.29, 0.717) is 18.7 Å². The second-order valence-corrected chi connectivity index (χ2v) is 5.39. The first kappa shape index (κ1) is 14.5. The molecular formula is C15H17N3O4. The number of fused-ring (bicyclic) bond motifs is 1. The average Bonchev–Trinajstić information content (AvgIpc) is 3.12. The summed E-state index contributed by atoms with van der Waals surface area (Å²) in [6.45, 7) is 0.304. The number of benzene rings is 1. The van der Waals surface area contributed by atoms with E-state index in [-0.39, 0.29) is 18.4 Å².